The van der Waals surface area contributed by atoms with E-state index >= 15 is 0 Å². The van der Waals surface area contributed by atoms with E-state index in [-0.39, 0.29) is 48.6 Å². The van der Waals surface area contributed by atoms with E-state index in [1.807, 2.05) is 68.5 Å². The summed E-state index contributed by atoms with van der Waals surface area (Å²) in [5.41, 5.74) is -2.83. The lowest BCUT2D eigenvalue weighted by Gasteiger charge is -2.23. The zero-order valence-corrected chi connectivity index (χ0v) is 91.5. The van der Waals surface area contributed by atoms with Crippen LogP contribution in [0.5, 0.6) is 0 Å². The van der Waals surface area contributed by atoms with Gasteiger partial charge >= 0.3 is 76.0 Å². The van der Waals surface area contributed by atoms with Crippen molar-refractivity contribution in [3.8, 4) is 60.7 Å². The molecule has 50 heteroatoms. The van der Waals surface area contributed by atoms with Gasteiger partial charge in [-0.3, -0.25) is 45.7 Å². The van der Waals surface area contributed by atoms with Gasteiger partial charge in [0.1, 0.15) is 23.1 Å². The van der Waals surface area contributed by atoms with Gasteiger partial charge in [0.25, 0.3) is 0 Å². The molecule has 0 saturated heterocycles. The molecule has 0 rings (SSSR count). The fraction of sp³-hybridized carbons (Fsp3) is 0.875. The quantitative estimate of drug-likeness (QED) is 0.0403. The summed E-state index contributed by atoms with van der Waals surface area (Å²) in [5, 5.41) is 84.8. The summed E-state index contributed by atoms with van der Waals surface area (Å²) in [6.45, 7) is 52.5. The highest BCUT2D eigenvalue weighted by molar-refractivity contribution is 7.57. The van der Waals surface area contributed by atoms with Crippen LogP contribution < -0.4 is 0 Å². The molecule has 130 heavy (non-hydrogen) atoms. The highest BCUT2D eigenvalue weighted by Gasteiger charge is 2.38. The fourth-order valence-corrected chi connectivity index (χ4v) is 25.7. The van der Waals surface area contributed by atoms with Crippen LogP contribution >= 0.6 is 76.0 Å². The first-order valence-electron chi connectivity index (χ1n) is 44.1. The Morgan fingerprint density at radius 1 is 0.231 bits per heavy atom. The molecule has 0 fully saturated rings. The summed E-state index contributed by atoms with van der Waals surface area (Å²) in [4.78, 5) is 0. The van der Waals surface area contributed by atoms with Crippen LogP contribution in [-0.2, 0) is 136 Å². The zero-order chi connectivity index (χ0) is 103. The Morgan fingerprint density at radius 3 is 0.785 bits per heavy atom. The summed E-state index contributed by atoms with van der Waals surface area (Å²) in [5.74, 6) is 0. The topological polar surface area (TPSA) is 593 Å². The first-order valence-corrected chi connectivity index (χ1v) is 60.7. The van der Waals surface area contributed by atoms with Crippen molar-refractivity contribution in [3.05, 3.63) is 0 Å². The second kappa shape index (κ2) is 95.7. The Morgan fingerprint density at radius 2 is 0.508 bits per heavy atom. The molecule has 0 radical (unpaired) electrons. The first-order chi connectivity index (χ1) is 61.5. The summed E-state index contributed by atoms with van der Waals surface area (Å²) >= 11 is 0. The number of rotatable bonds is 64. The maximum absolute atomic E-state index is 12.1. The van der Waals surface area contributed by atoms with Crippen LogP contribution in [0.15, 0.2) is 0 Å². The van der Waals surface area contributed by atoms with E-state index in [1.165, 1.54) is 6.92 Å². The predicted octanol–water partition coefficient (Wildman–Crippen LogP) is 25.6. The number of hydrogen-bond acceptors (Lipinski definition) is 40. The van der Waals surface area contributed by atoms with Crippen LogP contribution in [0.3, 0.4) is 0 Å². The molecule has 0 aromatic rings. The van der Waals surface area contributed by atoms with Gasteiger partial charge in [0.15, 0.2) is 0 Å². The van der Waals surface area contributed by atoms with Crippen molar-refractivity contribution >= 4 is 76.0 Å². The SMILES string of the molecule is CCCC(C#N)P(=O)(OCC)OCC.CCOP(=O)(CC#N)OCC.CCOP(=O)(CCC#N)OCC.CCOP(=O)(CCCC#N)OCC.CCOP(=O)(CCCCC#N)OCC.CCOP(=O)(OCC)C(C#N)CC.CCOP(=O)(OCC)C(C)C#N.CCOP(=O)(OCC)C(C)CC#N.CCOP(=O)(OCC)C(C)CCC#N.CCOP(=O)(OCC)C(CC)CC#N. The third-order valence-corrected chi connectivity index (χ3v) is 38.0. The van der Waals surface area contributed by atoms with Gasteiger partial charge in [-0.15, -0.1) is 0 Å². The van der Waals surface area contributed by atoms with Crippen molar-refractivity contribution in [1.29, 1.82) is 52.6 Å². The fourth-order valence-electron chi connectivity index (χ4n) is 9.31. The second-order valence-electron chi connectivity index (χ2n) is 24.8. The predicted molar refractivity (Wildman–Crippen MR) is 506 cm³/mol. The van der Waals surface area contributed by atoms with Gasteiger partial charge < -0.3 is 90.5 Å². The smallest absolute Gasteiger partial charge is 0.309 e. The highest BCUT2D eigenvalue weighted by Crippen LogP contribution is 2.59. The van der Waals surface area contributed by atoms with Gasteiger partial charge in [0.05, 0.1) is 228 Å². The van der Waals surface area contributed by atoms with Crippen LogP contribution in [0.1, 0.15) is 270 Å². The van der Waals surface area contributed by atoms with E-state index in [9.17, 15) is 45.7 Å². The van der Waals surface area contributed by atoms with E-state index in [0.29, 0.717) is 202 Å². The molecule has 0 heterocycles. The molecule has 0 aliphatic heterocycles. The van der Waals surface area contributed by atoms with Gasteiger partial charge in [-0.1, -0.05) is 41.0 Å². The minimum absolute atomic E-state index is 0.172. The number of unbranched alkanes of at least 4 members (excludes halogenated alkanes) is 3. The molecule has 0 aromatic heterocycles. The minimum Gasteiger partial charge on any atom is -0.309 e. The summed E-state index contributed by atoms with van der Waals surface area (Å²) in [6, 6.07) is 19.5. The Hall–Kier alpha value is -3.60. The van der Waals surface area contributed by atoms with Crippen LogP contribution in [0.2, 0.25) is 0 Å². The molecule has 6 unspecified atom stereocenters. The van der Waals surface area contributed by atoms with Crippen LogP contribution in [0.25, 0.3) is 0 Å². The normalized spacial score (nSPS) is 12.7. The Kier molecular flexibility index (Phi) is 108. The summed E-state index contributed by atoms with van der Waals surface area (Å²) < 4.78 is 219. The van der Waals surface area contributed by atoms with E-state index in [1.54, 1.807) is 165 Å². The zero-order valence-electron chi connectivity index (χ0n) is 82.5. The monoisotopic (exact) mass is 2050 g/mol. The van der Waals surface area contributed by atoms with E-state index in [2.05, 4.69) is 0 Å². The maximum Gasteiger partial charge on any atom is 0.347 e. The van der Waals surface area contributed by atoms with Crippen molar-refractivity contribution in [2.75, 3.05) is 157 Å². The Labute approximate surface area is 781 Å². The van der Waals surface area contributed by atoms with Crippen molar-refractivity contribution in [2.45, 2.75) is 304 Å². The average Bonchev–Trinajstić information content (AvgIpc) is 0.810. The molecular weight excluding hydrogens is 1890 g/mol. The standard InChI is InChI=1S/4C9H18NO3P.3C8H16NO3P.2C7H14NO3P.C6H12NO3P/c1-4-12-14(11,13-5-2)9(3)7-6-8-10;1-4-9(7-8-10)14(11,12-5-2)13-6-3;1-4-7-9(8-10)14(11,12-5-2)13-6-3;1-3-12-14(11,13-4-2)9-7-5-6-8-10;1-4-11-13(10,12-5-2)8(3)6-7-9;1-4-8(7-9)13(10,11-5-2)12-6-3;1-3-11-13(10,12-4-2)8-6-5-7-9;1-4-10-12(9,11-5-2)7(3)6-8;1-3-10-12(9,11-4-2)7-5-6-8;1-3-9-11(8,6-5-7)10-4-2/h3*9H,4-7H2,1-3H3;3-7,9H2,1-2H3;2*8H,4-6H2,1-3H3;3-6,8H2,1-2H3;7H,4-5H2,1-3H3;3-5,7H2,1-2H3;3-4,6H2,1-2H3. The van der Waals surface area contributed by atoms with Crippen LogP contribution in [0.4, 0.5) is 0 Å². The molecular formula is C80H160N10O30P10. The lowest BCUT2D eigenvalue weighted by atomic mass is 10.3. The molecule has 0 aromatic carbocycles. The van der Waals surface area contributed by atoms with Gasteiger partial charge in [-0.25, -0.2) is 0 Å². The number of nitriles is 10. The van der Waals surface area contributed by atoms with Crippen LogP contribution in [-0.4, -0.2) is 191 Å². The minimum atomic E-state index is -3.21. The summed E-state index contributed by atoms with van der Waals surface area (Å²) in [6.07, 6.45) is 7.68. The van der Waals surface area contributed by atoms with Gasteiger partial charge in [-0.2, -0.15) is 52.6 Å². The molecule has 760 valence electrons. The second-order valence-corrected chi connectivity index (χ2v) is 47.5. The molecule has 0 saturated carbocycles. The van der Waals surface area contributed by atoms with Crippen LogP contribution in [0, 0.1) is 113 Å². The molecule has 0 amide bonds. The molecule has 0 aliphatic rings. The lowest BCUT2D eigenvalue weighted by molar-refractivity contribution is 0.210. The number of nitrogens with zero attached hydrogens (tertiary/aromatic N) is 10. The largest absolute Gasteiger partial charge is 0.347 e. The molecule has 0 spiro atoms. The maximum atomic E-state index is 12.1. The van der Waals surface area contributed by atoms with Crippen molar-refractivity contribution in [1.82, 2.24) is 0 Å². The molecule has 0 N–H and O–H groups in total. The highest BCUT2D eigenvalue weighted by atomic mass is 31.2. The molecule has 0 bridgehead atoms. The van der Waals surface area contributed by atoms with Gasteiger partial charge in [0.2, 0.25) is 0 Å². The Bertz CT molecular complexity index is 3660. The first kappa shape index (κ1) is 147. The molecule has 6 atom stereocenters. The lowest BCUT2D eigenvalue weighted by Crippen LogP contribution is -2.12. The molecule has 0 aliphatic carbocycles. The third-order valence-electron chi connectivity index (χ3n) is 14.8. The van der Waals surface area contributed by atoms with Crippen molar-refractivity contribution in [3.63, 3.8) is 0 Å². The van der Waals surface area contributed by atoms with E-state index in [4.69, 9.17) is 143 Å². The Balaban J connectivity index is -0.000000154. The van der Waals surface area contributed by atoms with E-state index < -0.39 is 92.9 Å². The molecule has 40 nitrogen and oxygen atoms in total. The summed E-state index contributed by atoms with van der Waals surface area (Å²) in [7, 11) is -30.5. The van der Waals surface area contributed by atoms with Gasteiger partial charge in [-0.05, 0) is 190 Å². The van der Waals surface area contributed by atoms with E-state index in [0.717, 1.165) is 12.8 Å². The van der Waals surface area contributed by atoms with Gasteiger partial charge in [0, 0.05) is 38.5 Å². The average molecular weight is 2050 g/mol. The third kappa shape index (κ3) is 76.5. The van der Waals surface area contributed by atoms with Crippen molar-refractivity contribution in [2.24, 2.45) is 0 Å². The number of hydrogen-bond donors (Lipinski definition) is 0. The van der Waals surface area contributed by atoms with Crippen molar-refractivity contribution < 1.29 is 136 Å².